The number of hydrogen-bond donors (Lipinski definition) is 2. The van der Waals surface area contributed by atoms with Crippen LogP contribution in [0.2, 0.25) is 0 Å². The van der Waals surface area contributed by atoms with Crippen LogP contribution in [0.25, 0.3) is 10.4 Å². The summed E-state index contributed by atoms with van der Waals surface area (Å²) in [6.45, 7) is 9.04. The second-order valence-corrected chi connectivity index (χ2v) is 11.9. The Kier molecular flexibility index (Phi) is 8.25. The minimum absolute atomic E-state index is 0.146. The summed E-state index contributed by atoms with van der Waals surface area (Å²) < 4.78 is 17.0. The van der Waals surface area contributed by atoms with Gasteiger partial charge in [-0.05, 0) is 72.5 Å². The maximum Gasteiger partial charge on any atom is 0.354 e. The van der Waals surface area contributed by atoms with Crippen LogP contribution in [0.1, 0.15) is 56.2 Å². The number of nitrogens with zero attached hydrogens (tertiary/aromatic N) is 3. The molecule has 0 bridgehead atoms. The van der Waals surface area contributed by atoms with Gasteiger partial charge in [0.05, 0.1) is 15.3 Å². The van der Waals surface area contributed by atoms with Crippen LogP contribution in [0.4, 0.5) is 10.5 Å². The van der Waals surface area contributed by atoms with E-state index in [0.717, 1.165) is 33.7 Å². The van der Waals surface area contributed by atoms with Crippen LogP contribution < -0.4 is 10.5 Å². The van der Waals surface area contributed by atoms with Gasteiger partial charge in [-0.15, -0.1) is 15.7 Å². The van der Waals surface area contributed by atoms with Crippen molar-refractivity contribution < 1.29 is 9.00 Å². The summed E-state index contributed by atoms with van der Waals surface area (Å²) in [6, 6.07) is 10.5. The zero-order valence-electron chi connectivity index (χ0n) is 20.5. The van der Waals surface area contributed by atoms with Crippen molar-refractivity contribution in [2.45, 2.75) is 51.0 Å². The van der Waals surface area contributed by atoms with Gasteiger partial charge < -0.3 is 10.2 Å². The molecule has 2 aromatic carbocycles. The number of benzene rings is 2. The number of carbonyl (C=O) groups excluding carboxylic acids is 1. The first-order chi connectivity index (χ1) is 16.0. The molecular formula is C25H33N5O2S2. The molecule has 182 valence electrons. The minimum Gasteiger partial charge on any atom is -0.305 e. The maximum atomic E-state index is 13.1. The molecule has 0 saturated carbocycles. The second-order valence-electron chi connectivity index (χ2n) is 9.18. The zero-order valence-corrected chi connectivity index (χ0v) is 22.2. The van der Waals surface area contributed by atoms with Crippen molar-refractivity contribution in [3.8, 4) is 10.4 Å². The number of anilines is 1. The molecule has 0 fully saturated rings. The zero-order chi connectivity index (χ0) is 25.0. The standard InChI is InChI=1S/C25H33N5O2S2/c1-16(2)21-11-19(23-13-27-15-33-23)12-22(17(3)4)24(21)28-25(31)29-34(26,32)20-9-7-18(8-10-20)14-30(5)6/h7-13,15-17H,14H2,1-6H3,(H3,26,28,29,31,32). The molecule has 3 rings (SSSR count). The van der Waals surface area contributed by atoms with Gasteiger partial charge >= 0.3 is 6.03 Å². The van der Waals surface area contributed by atoms with Crippen molar-refractivity contribution in [3.63, 3.8) is 0 Å². The predicted molar refractivity (Wildman–Crippen MR) is 142 cm³/mol. The fourth-order valence-corrected chi connectivity index (χ4v) is 5.24. The van der Waals surface area contributed by atoms with Crippen LogP contribution in [-0.4, -0.2) is 34.2 Å². The molecule has 2 amide bonds. The molecule has 0 spiro atoms. The monoisotopic (exact) mass is 499 g/mol. The molecule has 0 radical (unpaired) electrons. The highest BCUT2D eigenvalue weighted by molar-refractivity contribution is 7.91. The van der Waals surface area contributed by atoms with E-state index < -0.39 is 15.9 Å². The van der Waals surface area contributed by atoms with E-state index in [1.165, 1.54) is 0 Å². The SMILES string of the molecule is CC(C)c1cc(-c2cncs2)cc(C(C)C)c1NC(=O)N=S(N)(=O)c1ccc(CN(C)C)cc1. The summed E-state index contributed by atoms with van der Waals surface area (Å²) in [7, 11) is 0.553. The largest absolute Gasteiger partial charge is 0.354 e. The van der Waals surface area contributed by atoms with Crippen molar-refractivity contribution in [2.75, 3.05) is 19.4 Å². The third-order valence-corrected chi connectivity index (χ3v) is 7.58. The lowest BCUT2D eigenvalue weighted by Crippen LogP contribution is -2.19. The number of aromatic nitrogens is 1. The molecule has 1 atom stereocenters. The number of carbonyl (C=O) groups is 1. The predicted octanol–water partition coefficient (Wildman–Crippen LogP) is 6.05. The molecule has 0 aliphatic rings. The first-order valence-electron chi connectivity index (χ1n) is 11.1. The molecule has 7 nitrogen and oxygen atoms in total. The summed E-state index contributed by atoms with van der Waals surface area (Å²) in [5.74, 6) is 0.291. The van der Waals surface area contributed by atoms with Crippen LogP contribution in [0, 0.1) is 0 Å². The Balaban J connectivity index is 1.97. The summed E-state index contributed by atoms with van der Waals surface area (Å²) >= 11 is 1.57. The van der Waals surface area contributed by atoms with Gasteiger partial charge in [0.15, 0.2) is 0 Å². The van der Waals surface area contributed by atoms with Crippen LogP contribution >= 0.6 is 11.3 Å². The lowest BCUT2D eigenvalue weighted by Gasteiger charge is -2.21. The van der Waals surface area contributed by atoms with Crippen LogP contribution in [0.15, 0.2) is 57.4 Å². The average Bonchev–Trinajstić information content (AvgIpc) is 3.28. The minimum atomic E-state index is -3.39. The van der Waals surface area contributed by atoms with E-state index in [9.17, 15) is 9.00 Å². The van der Waals surface area contributed by atoms with Gasteiger partial charge in [0, 0.05) is 18.4 Å². The summed E-state index contributed by atoms with van der Waals surface area (Å²) in [5.41, 5.74) is 6.58. The van der Waals surface area contributed by atoms with Gasteiger partial charge in [0.25, 0.3) is 0 Å². The molecule has 3 aromatic rings. The van der Waals surface area contributed by atoms with E-state index in [0.29, 0.717) is 10.6 Å². The molecule has 1 heterocycles. The molecule has 0 aliphatic heterocycles. The van der Waals surface area contributed by atoms with Gasteiger partial charge in [0.1, 0.15) is 9.92 Å². The van der Waals surface area contributed by atoms with Crippen molar-refractivity contribution in [1.29, 1.82) is 0 Å². The van der Waals surface area contributed by atoms with Gasteiger partial charge in [-0.3, -0.25) is 4.98 Å². The lowest BCUT2D eigenvalue weighted by atomic mass is 9.90. The number of urea groups is 1. The third-order valence-electron chi connectivity index (χ3n) is 5.37. The Hall–Kier alpha value is -2.59. The maximum absolute atomic E-state index is 13.1. The van der Waals surface area contributed by atoms with Crippen LogP contribution in [-0.2, 0) is 16.5 Å². The quantitative estimate of drug-likeness (QED) is 0.413. The van der Waals surface area contributed by atoms with Crippen LogP contribution in [0.3, 0.4) is 0 Å². The molecule has 34 heavy (non-hydrogen) atoms. The Labute approximate surface area is 206 Å². The second kappa shape index (κ2) is 10.8. The third kappa shape index (κ3) is 6.29. The molecular weight excluding hydrogens is 466 g/mol. The van der Waals surface area contributed by atoms with Gasteiger partial charge in [-0.1, -0.05) is 39.8 Å². The van der Waals surface area contributed by atoms with Gasteiger partial charge in [-0.2, -0.15) is 0 Å². The highest BCUT2D eigenvalue weighted by Crippen LogP contribution is 2.38. The summed E-state index contributed by atoms with van der Waals surface area (Å²) in [4.78, 5) is 20.5. The van der Waals surface area contributed by atoms with E-state index in [4.69, 9.17) is 5.14 Å². The van der Waals surface area contributed by atoms with E-state index in [1.54, 1.807) is 29.0 Å². The molecule has 0 aliphatic carbocycles. The number of hydrogen-bond acceptors (Lipinski definition) is 5. The number of rotatable bonds is 7. The van der Waals surface area contributed by atoms with Crippen molar-refractivity contribution in [2.24, 2.45) is 9.50 Å². The first-order valence-corrected chi connectivity index (χ1v) is 13.6. The van der Waals surface area contributed by atoms with Crippen molar-refractivity contribution in [3.05, 3.63) is 64.8 Å². The molecule has 1 unspecified atom stereocenters. The van der Waals surface area contributed by atoms with E-state index in [2.05, 4.69) is 54.5 Å². The van der Waals surface area contributed by atoms with E-state index in [1.807, 2.05) is 37.3 Å². The molecule has 3 N–H and O–H groups in total. The fraction of sp³-hybridized carbons (Fsp3) is 0.360. The highest BCUT2D eigenvalue weighted by atomic mass is 32.2. The number of nitrogens with two attached hydrogens (primary N) is 1. The smallest absolute Gasteiger partial charge is 0.305 e. The first kappa shape index (κ1) is 26.0. The Morgan fingerprint density at radius 3 is 2.18 bits per heavy atom. The number of nitrogens with one attached hydrogen (secondary N) is 1. The highest BCUT2D eigenvalue weighted by Gasteiger charge is 2.20. The van der Waals surface area contributed by atoms with E-state index >= 15 is 0 Å². The Morgan fingerprint density at radius 1 is 1.12 bits per heavy atom. The summed E-state index contributed by atoms with van der Waals surface area (Å²) in [5, 5.41) is 8.91. The number of thiazole rings is 1. The van der Waals surface area contributed by atoms with Gasteiger partial charge in [0.2, 0.25) is 0 Å². The van der Waals surface area contributed by atoms with E-state index in [-0.39, 0.29) is 11.8 Å². The van der Waals surface area contributed by atoms with Crippen molar-refractivity contribution >= 4 is 33.0 Å². The average molecular weight is 500 g/mol. The lowest BCUT2D eigenvalue weighted by molar-refractivity contribution is 0.260. The van der Waals surface area contributed by atoms with Gasteiger partial charge in [-0.25, -0.2) is 14.1 Å². The van der Waals surface area contributed by atoms with Crippen molar-refractivity contribution in [1.82, 2.24) is 9.88 Å². The molecule has 0 saturated heterocycles. The Morgan fingerprint density at radius 2 is 1.71 bits per heavy atom. The fourth-order valence-electron chi connectivity index (χ4n) is 3.70. The van der Waals surface area contributed by atoms with Crippen LogP contribution in [0.5, 0.6) is 0 Å². The Bertz CT molecular complexity index is 1230. The normalized spacial score (nSPS) is 13.4. The topological polar surface area (TPSA) is 101 Å². The number of amides is 2. The summed E-state index contributed by atoms with van der Waals surface area (Å²) in [6.07, 6.45) is 1.84. The molecule has 1 aromatic heterocycles. The molecule has 9 heteroatoms.